The molecular weight excluding hydrogens is 304 g/mol. The van der Waals surface area contributed by atoms with E-state index in [1.807, 2.05) is 66.7 Å². The van der Waals surface area contributed by atoms with Crippen LogP contribution in [-0.2, 0) is 4.74 Å². The Morgan fingerprint density at radius 1 is 1.00 bits per heavy atom. The molecule has 4 heteroatoms. The Balaban J connectivity index is 1.97. The lowest BCUT2D eigenvalue weighted by Gasteiger charge is -2.04. The van der Waals surface area contributed by atoms with Crippen molar-refractivity contribution in [1.82, 2.24) is 0 Å². The van der Waals surface area contributed by atoms with Crippen molar-refractivity contribution in [2.75, 3.05) is 6.61 Å². The van der Waals surface area contributed by atoms with Crippen LogP contribution in [0.2, 0.25) is 0 Å². The van der Waals surface area contributed by atoms with Crippen molar-refractivity contribution >= 4 is 6.16 Å². The monoisotopic (exact) mass is 320 g/mol. The molecule has 0 amide bonds. The van der Waals surface area contributed by atoms with Crippen LogP contribution in [0, 0.1) is 0 Å². The zero-order chi connectivity index (χ0) is 16.8. The minimum Gasteiger partial charge on any atom is -0.430 e. The van der Waals surface area contributed by atoms with Crippen LogP contribution in [0.5, 0.6) is 5.95 Å². The van der Waals surface area contributed by atoms with Crippen LogP contribution in [0.15, 0.2) is 83.8 Å². The molecule has 0 radical (unpaired) electrons. The highest BCUT2D eigenvalue weighted by Gasteiger charge is 2.19. The average Bonchev–Trinajstić information content (AvgIpc) is 3.05. The second-order valence-electron chi connectivity index (χ2n) is 5.00. The summed E-state index contributed by atoms with van der Waals surface area (Å²) in [4.78, 5) is 11.7. The number of hydrogen-bond donors (Lipinski definition) is 0. The molecule has 0 saturated carbocycles. The van der Waals surface area contributed by atoms with Crippen molar-refractivity contribution in [1.29, 1.82) is 0 Å². The van der Waals surface area contributed by atoms with Crippen molar-refractivity contribution in [3.63, 3.8) is 0 Å². The van der Waals surface area contributed by atoms with Crippen LogP contribution >= 0.6 is 0 Å². The second kappa shape index (κ2) is 7.33. The fourth-order valence-corrected chi connectivity index (χ4v) is 2.25. The Morgan fingerprint density at radius 2 is 1.62 bits per heavy atom. The van der Waals surface area contributed by atoms with Crippen molar-refractivity contribution in [3.8, 4) is 28.4 Å². The molecule has 2 aromatic carbocycles. The van der Waals surface area contributed by atoms with E-state index >= 15 is 0 Å². The van der Waals surface area contributed by atoms with Gasteiger partial charge in [0.05, 0.1) is 5.56 Å². The number of furan rings is 1. The van der Waals surface area contributed by atoms with E-state index in [1.165, 1.54) is 6.08 Å². The van der Waals surface area contributed by atoms with Gasteiger partial charge in [-0.25, -0.2) is 4.79 Å². The van der Waals surface area contributed by atoms with Gasteiger partial charge in [0.2, 0.25) is 0 Å². The third kappa shape index (κ3) is 3.55. The lowest BCUT2D eigenvalue weighted by molar-refractivity contribution is 0.101. The maximum absolute atomic E-state index is 11.7. The fraction of sp³-hybridized carbons (Fsp3) is 0.0500. The number of benzene rings is 2. The molecule has 4 nitrogen and oxygen atoms in total. The summed E-state index contributed by atoms with van der Waals surface area (Å²) in [7, 11) is 0. The largest absolute Gasteiger partial charge is 0.516 e. The zero-order valence-corrected chi connectivity index (χ0v) is 13.0. The molecule has 0 spiro atoms. The van der Waals surface area contributed by atoms with Gasteiger partial charge >= 0.3 is 12.1 Å². The SMILES string of the molecule is C=CCOC(=O)Oc1oc(-c2ccccc2)cc1-c1ccccc1. The summed E-state index contributed by atoms with van der Waals surface area (Å²) in [6, 6.07) is 21.0. The second-order valence-corrected chi connectivity index (χ2v) is 5.00. The van der Waals surface area contributed by atoms with Gasteiger partial charge in [-0.2, -0.15) is 0 Å². The van der Waals surface area contributed by atoms with E-state index in [0.29, 0.717) is 11.3 Å². The van der Waals surface area contributed by atoms with Crippen LogP contribution in [0.4, 0.5) is 4.79 Å². The number of carbonyl (C=O) groups is 1. The van der Waals surface area contributed by atoms with Gasteiger partial charge in [0.15, 0.2) is 0 Å². The first-order valence-corrected chi connectivity index (χ1v) is 7.48. The Morgan fingerprint density at radius 3 is 2.25 bits per heavy atom. The molecule has 0 aliphatic heterocycles. The van der Waals surface area contributed by atoms with Crippen LogP contribution < -0.4 is 4.74 Å². The van der Waals surface area contributed by atoms with Gasteiger partial charge in [0.25, 0.3) is 0 Å². The van der Waals surface area contributed by atoms with E-state index in [1.54, 1.807) is 0 Å². The highest BCUT2D eigenvalue weighted by atomic mass is 16.8. The van der Waals surface area contributed by atoms with Gasteiger partial charge in [-0.05, 0) is 11.6 Å². The van der Waals surface area contributed by atoms with Crippen molar-refractivity contribution in [2.24, 2.45) is 0 Å². The predicted octanol–water partition coefficient (Wildman–Crippen LogP) is 5.32. The fourth-order valence-electron chi connectivity index (χ4n) is 2.25. The summed E-state index contributed by atoms with van der Waals surface area (Å²) in [5.41, 5.74) is 2.46. The summed E-state index contributed by atoms with van der Waals surface area (Å²) in [6.45, 7) is 3.57. The van der Waals surface area contributed by atoms with Gasteiger partial charge in [-0.1, -0.05) is 73.3 Å². The molecule has 1 heterocycles. The van der Waals surface area contributed by atoms with Crippen molar-refractivity contribution in [3.05, 3.63) is 79.4 Å². The number of hydrogen-bond acceptors (Lipinski definition) is 4. The standard InChI is InChI=1S/C20H16O4/c1-2-13-22-20(21)24-19-17(15-9-5-3-6-10-15)14-18(23-19)16-11-7-4-8-12-16/h2-12,14H,1,13H2. The first kappa shape index (κ1) is 15.6. The molecule has 120 valence electrons. The lowest BCUT2D eigenvalue weighted by atomic mass is 10.1. The minimum absolute atomic E-state index is 0.0752. The molecule has 3 rings (SSSR count). The van der Waals surface area contributed by atoms with Crippen LogP contribution in [0.25, 0.3) is 22.5 Å². The molecule has 3 aromatic rings. The van der Waals surface area contributed by atoms with E-state index < -0.39 is 6.16 Å². The molecule has 0 bridgehead atoms. The summed E-state index contributed by atoms with van der Waals surface area (Å²) >= 11 is 0. The third-order valence-electron chi connectivity index (χ3n) is 3.34. The number of ether oxygens (including phenoxy) is 2. The maximum Gasteiger partial charge on any atom is 0.516 e. The molecule has 24 heavy (non-hydrogen) atoms. The Hall–Kier alpha value is -3.27. The maximum atomic E-state index is 11.7. The molecule has 0 atom stereocenters. The van der Waals surface area contributed by atoms with E-state index in [9.17, 15) is 4.79 Å². The summed E-state index contributed by atoms with van der Waals surface area (Å²) in [5.74, 6) is 0.718. The molecule has 0 aliphatic carbocycles. The lowest BCUT2D eigenvalue weighted by Crippen LogP contribution is -2.10. The van der Waals surface area contributed by atoms with Gasteiger partial charge in [-0.15, -0.1) is 0 Å². The molecule has 0 unspecified atom stereocenters. The molecular formula is C20H16O4. The van der Waals surface area contributed by atoms with Crippen LogP contribution in [-0.4, -0.2) is 12.8 Å². The first-order chi connectivity index (χ1) is 11.8. The summed E-state index contributed by atoms with van der Waals surface area (Å²) < 4.78 is 15.8. The number of carbonyl (C=O) groups excluding carboxylic acids is 1. The van der Waals surface area contributed by atoms with Gasteiger partial charge in [0.1, 0.15) is 12.4 Å². The normalized spacial score (nSPS) is 10.2. The molecule has 0 fully saturated rings. The van der Waals surface area contributed by atoms with Gasteiger partial charge in [0, 0.05) is 5.56 Å². The van der Waals surface area contributed by atoms with Crippen molar-refractivity contribution in [2.45, 2.75) is 0 Å². The summed E-state index contributed by atoms with van der Waals surface area (Å²) in [5, 5.41) is 0. The van der Waals surface area contributed by atoms with E-state index in [0.717, 1.165) is 11.1 Å². The minimum atomic E-state index is -0.832. The van der Waals surface area contributed by atoms with Gasteiger partial charge < -0.3 is 13.9 Å². The zero-order valence-electron chi connectivity index (χ0n) is 13.0. The predicted molar refractivity (Wildman–Crippen MR) is 91.8 cm³/mol. The summed E-state index contributed by atoms with van der Waals surface area (Å²) in [6.07, 6.45) is 0.637. The highest BCUT2D eigenvalue weighted by molar-refractivity contribution is 5.77. The van der Waals surface area contributed by atoms with Gasteiger partial charge in [-0.3, -0.25) is 0 Å². The van der Waals surface area contributed by atoms with Crippen LogP contribution in [0.1, 0.15) is 0 Å². The Kier molecular flexibility index (Phi) is 4.77. The Labute approximate surface area is 139 Å². The first-order valence-electron chi connectivity index (χ1n) is 7.48. The highest BCUT2D eigenvalue weighted by Crippen LogP contribution is 2.37. The molecule has 0 aliphatic rings. The van der Waals surface area contributed by atoms with E-state index in [4.69, 9.17) is 13.9 Å². The van der Waals surface area contributed by atoms with E-state index in [-0.39, 0.29) is 12.6 Å². The van der Waals surface area contributed by atoms with Crippen LogP contribution in [0.3, 0.4) is 0 Å². The third-order valence-corrected chi connectivity index (χ3v) is 3.34. The average molecular weight is 320 g/mol. The molecule has 0 saturated heterocycles. The molecule has 0 N–H and O–H groups in total. The Bertz CT molecular complexity index is 819. The molecule has 1 aromatic heterocycles. The number of rotatable bonds is 5. The topological polar surface area (TPSA) is 48.7 Å². The van der Waals surface area contributed by atoms with E-state index in [2.05, 4.69) is 6.58 Å². The quantitative estimate of drug-likeness (QED) is 0.472. The van der Waals surface area contributed by atoms with Crippen molar-refractivity contribution < 1.29 is 18.7 Å². The smallest absolute Gasteiger partial charge is 0.430 e.